The Kier molecular flexibility index (Phi) is 4.60. The van der Waals surface area contributed by atoms with E-state index < -0.39 is 0 Å². The minimum absolute atomic E-state index is 0.203. The zero-order valence-corrected chi connectivity index (χ0v) is 13.8. The molecule has 4 heteroatoms. The fraction of sp³-hybridized carbons (Fsp3) is 0.222. The van der Waals surface area contributed by atoms with Crippen LogP contribution in [0, 0.1) is 5.82 Å². The number of fused-ring (bicyclic) bond motifs is 1. The number of aromatic amines is 1. The number of nitrogens with two attached hydrogens (primary N) is 1. The van der Waals surface area contributed by atoms with Crippen molar-refractivity contribution in [1.82, 2.24) is 4.98 Å². The lowest BCUT2D eigenvalue weighted by Crippen LogP contribution is -1.99. The van der Waals surface area contributed by atoms with Crippen molar-refractivity contribution >= 4 is 26.8 Å². The summed E-state index contributed by atoms with van der Waals surface area (Å²) in [5, 5.41) is 0.961. The molecule has 0 saturated heterocycles. The number of hydrogen-bond acceptors (Lipinski definition) is 1. The fourth-order valence-electron chi connectivity index (χ4n) is 2.82. The van der Waals surface area contributed by atoms with Crippen LogP contribution < -0.4 is 5.73 Å². The highest BCUT2D eigenvalue weighted by Gasteiger charge is 2.15. The van der Waals surface area contributed by atoms with E-state index in [1.165, 1.54) is 6.07 Å². The van der Waals surface area contributed by atoms with Gasteiger partial charge in [-0.1, -0.05) is 34.1 Å². The SMILES string of the molecule is NCCCCc1c(-c2ccccc2Br)[nH]c2ccc(F)cc12. The van der Waals surface area contributed by atoms with Gasteiger partial charge in [0.15, 0.2) is 0 Å². The molecule has 22 heavy (non-hydrogen) atoms. The first kappa shape index (κ1) is 15.3. The Balaban J connectivity index is 2.15. The third kappa shape index (κ3) is 2.94. The van der Waals surface area contributed by atoms with E-state index >= 15 is 0 Å². The zero-order valence-electron chi connectivity index (χ0n) is 12.2. The average molecular weight is 361 g/mol. The number of benzene rings is 2. The summed E-state index contributed by atoms with van der Waals surface area (Å²) < 4.78 is 14.7. The van der Waals surface area contributed by atoms with E-state index in [9.17, 15) is 4.39 Å². The molecule has 3 N–H and O–H groups in total. The molecule has 0 bridgehead atoms. The maximum atomic E-state index is 13.7. The van der Waals surface area contributed by atoms with Gasteiger partial charge in [0.05, 0.1) is 5.69 Å². The summed E-state index contributed by atoms with van der Waals surface area (Å²) in [6.07, 6.45) is 2.85. The van der Waals surface area contributed by atoms with Crippen molar-refractivity contribution in [3.05, 3.63) is 58.3 Å². The van der Waals surface area contributed by atoms with Crippen LogP contribution in [0.1, 0.15) is 18.4 Å². The first-order chi connectivity index (χ1) is 10.7. The van der Waals surface area contributed by atoms with Gasteiger partial charge in [0, 0.05) is 20.9 Å². The van der Waals surface area contributed by atoms with Gasteiger partial charge in [-0.15, -0.1) is 0 Å². The molecule has 0 unspecified atom stereocenters. The molecule has 0 aliphatic heterocycles. The Hall–Kier alpha value is -1.65. The summed E-state index contributed by atoms with van der Waals surface area (Å²) in [5.41, 5.74) is 9.89. The lowest BCUT2D eigenvalue weighted by Gasteiger charge is -2.07. The van der Waals surface area contributed by atoms with Gasteiger partial charge < -0.3 is 10.7 Å². The van der Waals surface area contributed by atoms with Gasteiger partial charge in [0.25, 0.3) is 0 Å². The largest absolute Gasteiger partial charge is 0.354 e. The Labute approximate surface area is 137 Å². The fourth-order valence-corrected chi connectivity index (χ4v) is 3.30. The second-order valence-corrected chi connectivity index (χ2v) is 6.25. The number of rotatable bonds is 5. The average Bonchev–Trinajstić information content (AvgIpc) is 2.86. The lowest BCUT2D eigenvalue weighted by molar-refractivity contribution is 0.629. The number of nitrogens with one attached hydrogen (secondary N) is 1. The number of hydrogen-bond donors (Lipinski definition) is 2. The molecule has 1 aromatic heterocycles. The summed E-state index contributed by atoms with van der Waals surface area (Å²) in [6, 6.07) is 13.0. The molecule has 0 saturated carbocycles. The van der Waals surface area contributed by atoms with Gasteiger partial charge in [0.1, 0.15) is 5.82 Å². The second kappa shape index (κ2) is 6.63. The van der Waals surface area contributed by atoms with Gasteiger partial charge in [-0.25, -0.2) is 4.39 Å². The molecule has 2 aromatic carbocycles. The van der Waals surface area contributed by atoms with E-state index in [0.29, 0.717) is 6.54 Å². The van der Waals surface area contributed by atoms with E-state index in [1.54, 1.807) is 12.1 Å². The van der Waals surface area contributed by atoms with E-state index in [4.69, 9.17) is 5.73 Å². The van der Waals surface area contributed by atoms with Crippen molar-refractivity contribution in [2.75, 3.05) is 6.54 Å². The molecule has 3 rings (SSSR count). The van der Waals surface area contributed by atoms with Crippen molar-refractivity contribution in [1.29, 1.82) is 0 Å². The number of H-pyrrole nitrogens is 1. The summed E-state index contributed by atoms with van der Waals surface area (Å²) >= 11 is 3.61. The number of unbranched alkanes of at least 4 members (excludes halogenated alkanes) is 1. The monoisotopic (exact) mass is 360 g/mol. The predicted octanol–water partition coefficient (Wildman–Crippen LogP) is 5.02. The van der Waals surface area contributed by atoms with Crippen LogP contribution in [0.4, 0.5) is 4.39 Å². The Morgan fingerprint density at radius 2 is 1.91 bits per heavy atom. The Morgan fingerprint density at radius 3 is 2.68 bits per heavy atom. The van der Waals surface area contributed by atoms with Crippen LogP contribution in [0.3, 0.4) is 0 Å². The summed E-state index contributed by atoms with van der Waals surface area (Å²) in [6.45, 7) is 0.682. The van der Waals surface area contributed by atoms with Gasteiger partial charge in [-0.05, 0) is 55.6 Å². The first-order valence-corrected chi connectivity index (χ1v) is 8.25. The highest BCUT2D eigenvalue weighted by molar-refractivity contribution is 9.10. The second-order valence-electron chi connectivity index (χ2n) is 5.39. The molecular formula is C18H18BrFN2. The highest BCUT2D eigenvalue weighted by atomic mass is 79.9. The van der Waals surface area contributed by atoms with Crippen LogP contribution in [0.5, 0.6) is 0 Å². The predicted molar refractivity (Wildman–Crippen MR) is 93.4 cm³/mol. The summed E-state index contributed by atoms with van der Waals surface area (Å²) in [7, 11) is 0. The number of aryl methyl sites for hydroxylation is 1. The van der Waals surface area contributed by atoms with Crippen molar-refractivity contribution in [3.63, 3.8) is 0 Å². The quantitative estimate of drug-likeness (QED) is 0.616. The molecule has 114 valence electrons. The van der Waals surface area contributed by atoms with Crippen molar-refractivity contribution in [2.45, 2.75) is 19.3 Å². The molecule has 0 spiro atoms. The Morgan fingerprint density at radius 1 is 1.09 bits per heavy atom. The molecule has 1 heterocycles. The van der Waals surface area contributed by atoms with Gasteiger partial charge in [-0.3, -0.25) is 0 Å². The van der Waals surface area contributed by atoms with Crippen molar-refractivity contribution < 1.29 is 4.39 Å². The van der Waals surface area contributed by atoms with Crippen LogP contribution in [0.15, 0.2) is 46.9 Å². The van der Waals surface area contributed by atoms with Gasteiger partial charge in [0.2, 0.25) is 0 Å². The highest BCUT2D eigenvalue weighted by Crippen LogP contribution is 2.35. The summed E-state index contributed by atoms with van der Waals surface area (Å²) in [4.78, 5) is 3.45. The van der Waals surface area contributed by atoms with Gasteiger partial charge in [-0.2, -0.15) is 0 Å². The molecule has 0 aliphatic carbocycles. The molecular weight excluding hydrogens is 343 g/mol. The van der Waals surface area contributed by atoms with Crippen molar-refractivity contribution in [3.8, 4) is 11.3 Å². The van der Waals surface area contributed by atoms with Crippen LogP contribution in [0.25, 0.3) is 22.2 Å². The third-order valence-corrected chi connectivity index (χ3v) is 4.58. The van der Waals surface area contributed by atoms with Crippen LogP contribution >= 0.6 is 15.9 Å². The van der Waals surface area contributed by atoms with Crippen molar-refractivity contribution in [2.24, 2.45) is 5.73 Å². The molecule has 0 aliphatic rings. The van der Waals surface area contributed by atoms with Gasteiger partial charge >= 0.3 is 0 Å². The maximum absolute atomic E-state index is 13.7. The zero-order chi connectivity index (χ0) is 15.5. The van der Waals surface area contributed by atoms with E-state index in [2.05, 4.69) is 27.0 Å². The minimum Gasteiger partial charge on any atom is -0.354 e. The van der Waals surface area contributed by atoms with Crippen LogP contribution in [-0.4, -0.2) is 11.5 Å². The third-order valence-electron chi connectivity index (χ3n) is 3.89. The standard InChI is InChI=1S/C18H18BrFN2/c19-16-7-2-1-6-14(16)18-13(5-3-4-10-21)15-11-12(20)8-9-17(15)22-18/h1-2,6-9,11,22H,3-5,10,21H2. The van der Waals surface area contributed by atoms with E-state index in [0.717, 1.165) is 51.5 Å². The normalized spacial score (nSPS) is 11.2. The topological polar surface area (TPSA) is 41.8 Å². The van der Waals surface area contributed by atoms with E-state index in [-0.39, 0.29) is 5.82 Å². The molecule has 0 amide bonds. The molecule has 3 aromatic rings. The maximum Gasteiger partial charge on any atom is 0.123 e. The first-order valence-electron chi connectivity index (χ1n) is 7.46. The minimum atomic E-state index is -0.203. The van der Waals surface area contributed by atoms with E-state index in [1.807, 2.05) is 18.2 Å². The summed E-state index contributed by atoms with van der Waals surface area (Å²) in [5.74, 6) is -0.203. The number of halogens is 2. The number of aromatic nitrogens is 1. The lowest BCUT2D eigenvalue weighted by atomic mass is 10.0. The van der Waals surface area contributed by atoms with Crippen LogP contribution in [0.2, 0.25) is 0 Å². The molecule has 0 atom stereocenters. The molecule has 2 nitrogen and oxygen atoms in total. The molecule has 0 radical (unpaired) electrons. The Bertz CT molecular complexity index is 795. The molecule has 0 fully saturated rings. The van der Waals surface area contributed by atoms with Crippen LogP contribution in [-0.2, 0) is 6.42 Å². The smallest absolute Gasteiger partial charge is 0.123 e.